The van der Waals surface area contributed by atoms with Gasteiger partial charge in [-0.25, -0.2) is 0 Å². The Balaban J connectivity index is 2.37. The second kappa shape index (κ2) is 6.48. The molecule has 0 aromatic heterocycles. The van der Waals surface area contributed by atoms with Gasteiger partial charge in [0.1, 0.15) is 5.75 Å². The van der Waals surface area contributed by atoms with Crippen LogP contribution in [-0.4, -0.2) is 26.1 Å². The first-order chi connectivity index (χ1) is 10.1. The predicted molar refractivity (Wildman–Crippen MR) is 85.7 cm³/mol. The molecule has 0 fully saturated rings. The van der Waals surface area contributed by atoms with Crippen LogP contribution >= 0.6 is 0 Å². The number of methoxy groups -OCH3 is 1. The summed E-state index contributed by atoms with van der Waals surface area (Å²) in [6.45, 7) is 5.28. The maximum absolute atomic E-state index is 13.0. The van der Waals surface area contributed by atoms with Crippen molar-refractivity contribution in [2.24, 2.45) is 11.1 Å². The molecule has 4 heteroatoms. The predicted octanol–water partition coefficient (Wildman–Crippen LogP) is 2.74. The number of hydrogen-bond donors (Lipinski definition) is 1. The SMILES string of the molecule is CCC(CC)(CN)C(=O)N1CCCc2cc(OC)ccc21. The lowest BCUT2D eigenvalue weighted by atomic mass is 9.80. The van der Waals surface area contributed by atoms with Crippen molar-refractivity contribution in [1.82, 2.24) is 0 Å². The molecule has 1 heterocycles. The fourth-order valence-electron chi connectivity index (χ4n) is 3.13. The van der Waals surface area contributed by atoms with E-state index in [2.05, 4.69) is 0 Å². The van der Waals surface area contributed by atoms with Crippen molar-refractivity contribution in [2.75, 3.05) is 25.1 Å². The molecule has 0 saturated carbocycles. The van der Waals surface area contributed by atoms with Crippen molar-refractivity contribution in [3.63, 3.8) is 0 Å². The molecule has 4 nitrogen and oxygen atoms in total. The molecule has 1 aliphatic heterocycles. The van der Waals surface area contributed by atoms with Crippen LogP contribution in [0.3, 0.4) is 0 Å². The van der Waals surface area contributed by atoms with Crippen molar-refractivity contribution in [1.29, 1.82) is 0 Å². The number of anilines is 1. The fourth-order valence-corrected chi connectivity index (χ4v) is 3.13. The third-order valence-electron chi connectivity index (χ3n) is 4.85. The Hall–Kier alpha value is -1.55. The smallest absolute Gasteiger partial charge is 0.234 e. The number of nitrogens with two attached hydrogens (primary N) is 1. The topological polar surface area (TPSA) is 55.6 Å². The highest BCUT2D eigenvalue weighted by molar-refractivity contribution is 5.98. The first kappa shape index (κ1) is 15.8. The van der Waals surface area contributed by atoms with Crippen molar-refractivity contribution < 1.29 is 9.53 Å². The number of aryl methyl sites for hydroxylation is 1. The summed E-state index contributed by atoms with van der Waals surface area (Å²) in [5, 5.41) is 0. The van der Waals surface area contributed by atoms with Crippen LogP contribution in [0.1, 0.15) is 38.7 Å². The Kier molecular flexibility index (Phi) is 4.88. The second-order valence-corrected chi connectivity index (χ2v) is 5.75. The van der Waals surface area contributed by atoms with Gasteiger partial charge in [-0.1, -0.05) is 13.8 Å². The summed E-state index contributed by atoms with van der Waals surface area (Å²) in [4.78, 5) is 15.0. The summed E-state index contributed by atoms with van der Waals surface area (Å²) in [5.41, 5.74) is 7.71. The zero-order chi connectivity index (χ0) is 15.5. The highest BCUT2D eigenvalue weighted by Gasteiger charge is 2.38. The van der Waals surface area contributed by atoms with Crippen molar-refractivity contribution in [3.05, 3.63) is 23.8 Å². The highest BCUT2D eigenvalue weighted by atomic mass is 16.5. The van der Waals surface area contributed by atoms with Crippen molar-refractivity contribution >= 4 is 11.6 Å². The van der Waals surface area contributed by atoms with E-state index in [1.807, 2.05) is 36.9 Å². The average molecular weight is 290 g/mol. The summed E-state index contributed by atoms with van der Waals surface area (Å²) >= 11 is 0. The van der Waals surface area contributed by atoms with Gasteiger partial charge in [-0.3, -0.25) is 4.79 Å². The van der Waals surface area contributed by atoms with Crippen LogP contribution in [0.5, 0.6) is 5.75 Å². The molecule has 21 heavy (non-hydrogen) atoms. The molecule has 1 aromatic carbocycles. The molecule has 1 aromatic rings. The molecule has 0 aliphatic carbocycles. The summed E-state index contributed by atoms with van der Waals surface area (Å²) in [6.07, 6.45) is 3.53. The van der Waals surface area contributed by atoms with Gasteiger partial charge < -0.3 is 15.4 Å². The number of rotatable bonds is 5. The summed E-state index contributed by atoms with van der Waals surface area (Å²) < 4.78 is 5.28. The van der Waals surface area contributed by atoms with Gasteiger partial charge in [0.2, 0.25) is 5.91 Å². The van der Waals surface area contributed by atoms with Gasteiger partial charge in [-0.15, -0.1) is 0 Å². The molecule has 1 aliphatic rings. The highest BCUT2D eigenvalue weighted by Crippen LogP contribution is 2.35. The Morgan fingerprint density at radius 1 is 1.38 bits per heavy atom. The first-order valence-corrected chi connectivity index (χ1v) is 7.80. The zero-order valence-corrected chi connectivity index (χ0v) is 13.3. The van der Waals surface area contributed by atoms with E-state index in [4.69, 9.17) is 10.5 Å². The van der Waals surface area contributed by atoms with Gasteiger partial charge in [0.05, 0.1) is 12.5 Å². The number of ether oxygens (including phenoxy) is 1. The summed E-state index contributed by atoms with van der Waals surface area (Å²) in [5.74, 6) is 1.01. The van der Waals surface area contributed by atoms with E-state index in [1.165, 1.54) is 5.56 Å². The van der Waals surface area contributed by atoms with E-state index in [0.717, 1.165) is 43.7 Å². The van der Waals surface area contributed by atoms with E-state index in [1.54, 1.807) is 7.11 Å². The monoisotopic (exact) mass is 290 g/mol. The lowest BCUT2D eigenvalue weighted by Crippen LogP contribution is -2.49. The summed E-state index contributed by atoms with van der Waals surface area (Å²) in [7, 11) is 1.67. The number of nitrogens with zero attached hydrogens (tertiary/aromatic N) is 1. The zero-order valence-electron chi connectivity index (χ0n) is 13.3. The number of fused-ring (bicyclic) bond motifs is 1. The minimum absolute atomic E-state index is 0.168. The third kappa shape index (κ3) is 2.77. The molecule has 2 rings (SSSR count). The van der Waals surface area contributed by atoms with E-state index in [9.17, 15) is 4.79 Å². The maximum atomic E-state index is 13.0. The van der Waals surface area contributed by atoms with Crippen LogP contribution in [0.2, 0.25) is 0 Å². The largest absolute Gasteiger partial charge is 0.497 e. The van der Waals surface area contributed by atoms with Gasteiger partial charge in [0.15, 0.2) is 0 Å². The van der Waals surface area contributed by atoms with Gasteiger partial charge in [-0.2, -0.15) is 0 Å². The molecule has 0 spiro atoms. The van der Waals surface area contributed by atoms with Crippen LogP contribution in [0.25, 0.3) is 0 Å². The van der Waals surface area contributed by atoms with Gasteiger partial charge in [0, 0.05) is 18.8 Å². The van der Waals surface area contributed by atoms with E-state index in [0.29, 0.717) is 6.54 Å². The molecule has 2 N–H and O–H groups in total. The van der Waals surface area contributed by atoms with E-state index in [-0.39, 0.29) is 5.91 Å². The fraction of sp³-hybridized carbons (Fsp3) is 0.588. The van der Waals surface area contributed by atoms with Gasteiger partial charge >= 0.3 is 0 Å². The number of carbonyl (C=O) groups is 1. The van der Waals surface area contributed by atoms with Gasteiger partial charge in [0.25, 0.3) is 0 Å². The minimum atomic E-state index is -0.436. The molecule has 0 atom stereocenters. The Bertz CT molecular complexity index is 501. The molecular weight excluding hydrogens is 264 g/mol. The van der Waals surface area contributed by atoms with Crippen LogP contribution in [0.15, 0.2) is 18.2 Å². The number of hydrogen-bond acceptors (Lipinski definition) is 3. The van der Waals surface area contributed by atoms with Crippen LogP contribution in [0.4, 0.5) is 5.69 Å². The summed E-state index contributed by atoms with van der Waals surface area (Å²) in [6, 6.07) is 5.96. The lowest BCUT2D eigenvalue weighted by Gasteiger charge is -2.38. The van der Waals surface area contributed by atoms with E-state index >= 15 is 0 Å². The van der Waals surface area contributed by atoms with Crippen LogP contribution < -0.4 is 15.4 Å². The van der Waals surface area contributed by atoms with Crippen LogP contribution in [-0.2, 0) is 11.2 Å². The minimum Gasteiger partial charge on any atom is -0.497 e. The second-order valence-electron chi connectivity index (χ2n) is 5.75. The van der Waals surface area contributed by atoms with Crippen LogP contribution in [0, 0.1) is 5.41 Å². The maximum Gasteiger partial charge on any atom is 0.234 e. The molecule has 1 amide bonds. The third-order valence-corrected chi connectivity index (χ3v) is 4.85. The van der Waals surface area contributed by atoms with Crippen molar-refractivity contribution in [3.8, 4) is 5.75 Å². The first-order valence-electron chi connectivity index (χ1n) is 7.80. The Morgan fingerprint density at radius 2 is 2.10 bits per heavy atom. The molecule has 116 valence electrons. The Labute approximate surface area is 127 Å². The molecule has 0 radical (unpaired) electrons. The standard InChI is InChI=1S/C17H26N2O2/c1-4-17(5-2,12-18)16(20)19-10-6-7-13-11-14(21-3)8-9-15(13)19/h8-9,11H,4-7,10,12,18H2,1-3H3. The Morgan fingerprint density at radius 3 is 2.67 bits per heavy atom. The average Bonchev–Trinajstić information content (AvgIpc) is 2.55. The molecule has 0 saturated heterocycles. The molecule has 0 unspecified atom stereocenters. The normalized spacial score (nSPS) is 14.8. The number of amides is 1. The molecular formula is C17H26N2O2. The van der Waals surface area contributed by atoms with Crippen molar-refractivity contribution in [2.45, 2.75) is 39.5 Å². The number of carbonyl (C=O) groups excluding carboxylic acids is 1. The quantitative estimate of drug-likeness (QED) is 0.907. The van der Waals surface area contributed by atoms with E-state index < -0.39 is 5.41 Å². The number of benzene rings is 1. The molecule has 0 bridgehead atoms. The lowest BCUT2D eigenvalue weighted by molar-refractivity contribution is -0.128. The van der Waals surface area contributed by atoms with Gasteiger partial charge in [-0.05, 0) is 49.4 Å².